The van der Waals surface area contributed by atoms with Gasteiger partial charge in [-0.15, -0.1) is 0 Å². The average molecular weight is 302 g/mol. The van der Waals surface area contributed by atoms with Gasteiger partial charge < -0.3 is 5.32 Å². The predicted octanol–water partition coefficient (Wildman–Crippen LogP) is 4.60. The highest BCUT2D eigenvalue weighted by atomic mass is 35.5. The predicted molar refractivity (Wildman–Crippen MR) is 77.9 cm³/mol. The van der Waals surface area contributed by atoms with Crippen LogP contribution in [0.2, 0.25) is 10.0 Å². The minimum Gasteiger partial charge on any atom is -0.379 e. The number of halogens is 2. The highest BCUT2D eigenvalue weighted by Crippen LogP contribution is 2.37. The quantitative estimate of drug-likeness (QED) is 0.881. The molecule has 0 bridgehead atoms. The summed E-state index contributed by atoms with van der Waals surface area (Å²) in [6.45, 7) is 2.27. The van der Waals surface area contributed by atoms with Crippen molar-refractivity contribution < 1.29 is 0 Å². The number of nitrogens with one attached hydrogen (secondary N) is 1. The summed E-state index contributed by atoms with van der Waals surface area (Å²) in [5.74, 6) is 0.665. The van der Waals surface area contributed by atoms with Crippen LogP contribution in [-0.4, -0.2) is 14.8 Å². The summed E-state index contributed by atoms with van der Waals surface area (Å²) in [5.41, 5.74) is 2.40. The first-order valence-corrected chi connectivity index (χ1v) is 7.52. The van der Waals surface area contributed by atoms with E-state index >= 15 is 0 Å². The van der Waals surface area contributed by atoms with Gasteiger partial charge in [-0.3, -0.25) is 0 Å². The zero-order chi connectivity index (χ0) is 12.7. The molecule has 1 N–H and O–H groups in total. The maximum absolute atomic E-state index is 6.28. The highest BCUT2D eigenvalue weighted by molar-refractivity contribution is 7.00. The van der Waals surface area contributed by atoms with Gasteiger partial charge in [-0.05, 0) is 24.8 Å². The maximum atomic E-state index is 6.28. The van der Waals surface area contributed by atoms with Crippen LogP contribution < -0.4 is 5.32 Å². The molecule has 0 spiro atoms. The van der Waals surface area contributed by atoms with E-state index in [9.17, 15) is 0 Å². The lowest BCUT2D eigenvalue weighted by Gasteiger charge is -2.19. The van der Waals surface area contributed by atoms with Crippen molar-refractivity contribution in [1.82, 2.24) is 8.75 Å². The molecule has 2 atom stereocenters. The van der Waals surface area contributed by atoms with Crippen molar-refractivity contribution >= 4 is 51.7 Å². The van der Waals surface area contributed by atoms with Crippen LogP contribution in [0.4, 0.5) is 5.69 Å². The standard InChI is InChI=1S/C12H13Cl2N3S/c1-6-3-2-4-9(6)15-10-7(13)5-8(14)11-12(10)17-18-16-11/h5-6,9,15H,2-4H2,1H3. The zero-order valence-corrected chi connectivity index (χ0v) is 12.2. The third-order valence-electron chi connectivity index (χ3n) is 3.64. The van der Waals surface area contributed by atoms with Crippen molar-refractivity contribution in [1.29, 1.82) is 0 Å². The Morgan fingerprint density at radius 2 is 2.00 bits per heavy atom. The third-order valence-corrected chi connectivity index (χ3v) is 4.75. The van der Waals surface area contributed by atoms with Gasteiger partial charge in [0.05, 0.1) is 27.5 Å². The van der Waals surface area contributed by atoms with Gasteiger partial charge in [0.25, 0.3) is 0 Å². The number of benzene rings is 1. The van der Waals surface area contributed by atoms with Gasteiger partial charge in [0.2, 0.25) is 0 Å². The summed E-state index contributed by atoms with van der Waals surface area (Å²) in [4.78, 5) is 0. The SMILES string of the molecule is CC1CCCC1Nc1c(Cl)cc(Cl)c2nsnc12. The first kappa shape index (κ1) is 12.5. The summed E-state index contributed by atoms with van der Waals surface area (Å²) >= 11 is 13.6. The van der Waals surface area contributed by atoms with Crippen LogP contribution in [0, 0.1) is 5.92 Å². The molecule has 3 rings (SSSR count). The Labute approximate surface area is 120 Å². The van der Waals surface area contributed by atoms with E-state index < -0.39 is 0 Å². The second-order valence-electron chi connectivity index (χ2n) is 4.84. The van der Waals surface area contributed by atoms with Crippen LogP contribution in [0.5, 0.6) is 0 Å². The first-order valence-electron chi connectivity index (χ1n) is 6.03. The molecule has 1 heterocycles. The molecule has 2 aromatic rings. The molecular weight excluding hydrogens is 289 g/mol. The number of hydrogen-bond acceptors (Lipinski definition) is 4. The van der Waals surface area contributed by atoms with Gasteiger partial charge in [-0.25, -0.2) is 0 Å². The van der Waals surface area contributed by atoms with E-state index in [1.54, 1.807) is 6.07 Å². The third kappa shape index (κ3) is 2.06. The molecule has 0 radical (unpaired) electrons. The molecule has 1 aromatic heterocycles. The van der Waals surface area contributed by atoms with Crippen molar-refractivity contribution in [2.24, 2.45) is 5.92 Å². The number of fused-ring (bicyclic) bond motifs is 1. The van der Waals surface area contributed by atoms with E-state index in [4.69, 9.17) is 23.2 Å². The Balaban J connectivity index is 2.03. The molecular formula is C12H13Cl2N3S. The zero-order valence-electron chi connectivity index (χ0n) is 9.91. The van der Waals surface area contributed by atoms with E-state index in [1.807, 2.05) is 0 Å². The number of nitrogens with zero attached hydrogens (tertiary/aromatic N) is 2. The molecule has 2 unspecified atom stereocenters. The lowest BCUT2D eigenvalue weighted by atomic mass is 10.1. The summed E-state index contributed by atoms with van der Waals surface area (Å²) in [5, 5.41) is 4.72. The van der Waals surface area contributed by atoms with E-state index in [0.717, 1.165) is 16.7 Å². The molecule has 0 aliphatic heterocycles. The number of hydrogen-bond donors (Lipinski definition) is 1. The van der Waals surface area contributed by atoms with Crippen molar-refractivity contribution in [2.45, 2.75) is 32.2 Å². The monoisotopic (exact) mass is 301 g/mol. The fourth-order valence-electron chi connectivity index (χ4n) is 2.56. The molecule has 18 heavy (non-hydrogen) atoms. The molecule has 1 fully saturated rings. The number of anilines is 1. The van der Waals surface area contributed by atoms with Crippen LogP contribution in [-0.2, 0) is 0 Å². The van der Waals surface area contributed by atoms with E-state index in [-0.39, 0.29) is 0 Å². The van der Waals surface area contributed by atoms with Gasteiger partial charge >= 0.3 is 0 Å². The molecule has 1 aliphatic carbocycles. The molecule has 1 aliphatic rings. The summed E-state index contributed by atoms with van der Waals surface area (Å²) < 4.78 is 8.52. The number of aromatic nitrogens is 2. The average Bonchev–Trinajstić information content (AvgIpc) is 2.93. The Hall–Kier alpha value is -0.580. The van der Waals surface area contributed by atoms with Crippen molar-refractivity contribution in [3.05, 3.63) is 16.1 Å². The lowest BCUT2D eigenvalue weighted by Crippen LogP contribution is -2.22. The van der Waals surface area contributed by atoms with Crippen LogP contribution in [0.3, 0.4) is 0 Å². The van der Waals surface area contributed by atoms with E-state index in [1.165, 1.54) is 31.0 Å². The molecule has 3 nitrogen and oxygen atoms in total. The smallest absolute Gasteiger partial charge is 0.130 e. The lowest BCUT2D eigenvalue weighted by molar-refractivity contribution is 0.557. The molecule has 0 amide bonds. The Morgan fingerprint density at radius 1 is 1.22 bits per heavy atom. The molecule has 96 valence electrons. The largest absolute Gasteiger partial charge is 0.379 e. The van der Waals surface area contributed by atoms with E-state index in [2.05, 4.69) is 21.0 Å². The maximum Gasteiger partial charge on any atom is 0.130 e. The van der Waals surface area contributed by atoms with Gasteiger partial charge in [0.15, 0.2) is 0 Å². The van der Waals surface area contributed by atoms with Crippen molar-refractivity contribution in [2.75, 3.05) is 5.32 Å². The van der Waals surface area contributed by atoms with Crippen LogP contribution in [0.1, 0.15) is 26.2 Å². The van der Waals surface area contributed by atoms with Gasteiger partial charge in [-0.2, -0.15) is 8.75 Å². The second kappa shape index (κ2) is 4.83. The fraction of sp³-hybridized carbons (Fsp3) is 0.500. The summed E-state index contributed by atoms with van der Waals surface area (Å²) in [6.07, 6.45) is 3.71. The topological polar surface area (TPSA) is 37.8 Å². The molecule has 0 saturated heterocycles. The Kier molecular flexibility index (Phi) is 3.34. The normalized spacial score (nSPS) is 23.7. The van der Waals surface area contributed by atoms with Gasteiger partial charge in [0, 0.05) is 6.04 Å². The summed E-state index contributed by atoms with van der Waals surface area (Å²) in [6, 6.07) is 2.21. The number of rotatable bonds is 2. The minimum absolute atomic E-state index is 0.466. The Bertz CT molecular complexity index is 584. The molecule has 6 heteroatoms. The minimum atomic E-state index is 0.466. The fourth-order valence-corrected chi connectivity index (χ4v) is 3.72. The Morgan fingerprint density at radius 3 is 2.72 bits per heavy atom. The van der Waals surface area contributed by atoms with Crippen LogP contribution in [0.25, 0.3) is 11.0 Å². The summed E-state index contributed by atoms with van der Waals surface area (Å²) in [7, 11) is 0. The van der Waals surface area contributed by atoms with E-state index in [0.29, 0.717) is 22.0 Å². The van der Waals surface area contributed by atoms with Crippen LogP contribution in [0.15, 0.2) is 6.07 Å². The second-order valence-corrected chi connectivity index (χ2v) is 6.18. The van der Waals surface area contributed by atoms with Gasteiger partial charge in [0.1, 0.15) is 11.0 Å². The van der Waals surface area contributed by atoms with Crippen LogP contribution >= 0.6 is 34.9 Å². The van der Waals surface area contributed by atoms with Crippen molar-refractivity contribution in [3.8, 4) is 0 Å². The van der Waals surface area contributed by atoms with Crippen molar-refractivity contribution in [3.63, 3.8) is 0 Å². The molecule has 1 saturated carbocycles. The highest BCUT2D eigenvalue weighted by Gasteiger charge is 2.25. The van der Waals surface area contributed by atoms with Gasteiger partial charge in [-0.1, -0.05) is 36.5 Å². The first-order chi connectivity index (χ1) is 8.66. The molecule has 1 aromatic carbocycles.